The Morgan fingerprint density at radius 1 is 1.40 bits per heavy atom. The molecule has 0 heterocycles. The number of hydrogen-bond acceptors (Lipinski definition) is 2. The molecule has 15 heavy (non-hydrogen) atoms. The van der Waals surface area contributed by atoms with Crippen molar-refractivity contribution >= 4 is 6.08 Å². The molecule has 0 spiro atoms. The van der Waals surface area contributed by atoms with E-state index in [2.05, 4.69) is 4.74 Å². The predicted octanol–water partition coefficient (Wildman–Crippen LogP) is 2.65. The minimum absolute atomic E-state index is 0.167. The van der Waals surface area contributed by atoms with Crippen molar-refractivity contribution in [2.45, 2.75) is 13.0 Å². The summed E-state index contributed by atoms with van der Waals surface area (Å²) in [6, 6.07) is 6.52. The molecule has 1 rings (SSSR count). The summed E-state index contributed by atoms with van der Waals surface area (Å²) >= 11 is 0. The maximum atomic E-state index is 11.9. The van der Waals surface area contributed by atoms with E-state index in [9.17, 15) is 8.78 Å². The number of hydrogen-bond donors (Lipinski definition) is 1. The Morgan fingerprint density at radius 2 is 2.20 bits per heavy atom. The molecule has 4 heteroatoms. The molecule has 0 saturated carbocycles. The van der Waals surface area contributed by atoms with Gasteiger partial charge < -0.3 is 10.5 Å². The smallest absolute Gasteiger partial charge is 0.387 e. The van der Waals surface area contributed by atoms with Crippen LogP contribution in [0.25, 0.3) is 6.08 Å². The lowest BCUT2D eigenvalue weighted by molar-refractivity contribution is -0.0498. The van der Waals surface area contributed by atoms with Crippen molar-refractivity contribution in [3.05, 3.63) is 35.9 Å². The highest BCUT2D eigenvalue weighted by Crippen LogP contribution is 2.16. The van der Waals surface area contributed by atoms with Gasteiger partial charge in [-0.05, 0) is 30.7 Å². The Labute approximate surface area is 87.4 Å². The van der Waals surface area contributed by atoms with Crippen molar-refractivity contribution in [2.75, 3.05) is 6.54 Å². The molecule has 0 amide bonds. The quantitative estimate of drug-likeness (QED) is 0.816. The van der Waals surface area contributed by atoms with Crippen LogP contribution in [-0.2, 0) is 0 Å². The lowest BCUT2D eigenvalue weighted by Gasteiger charge is -2.04. The summed E-state index contributed by atoms with van der Waals surface area (Å²) in [6.07, 6.45) is 4.48. The van der Waals surface area contributed by atoms with Crippen LogP contribution in [0.3, 0.4) is 0 Å². The first-order valence-corrected chi connectivity index (χ1v) is 4.64. The number of nitrogens with two attached hydrogens (primary N) is 1. The molecule has 1 aromatic carbocycles. The Morgan fingerprint density at radius 3 is 2.87 bits per heavy atom. The Kier molecular flexibility index (Phi) is 4.77. The van der Waals surface area contributed by atoms with E-state index < -0.39 is 6.61 Å². The van der Waals surface area contributed by atoms with E-state index in [1.165, 1.54) is 6.07 Å². The molecule has 2 N–H and O–H groups in total. The number of ether oxygens (including phenoxy) is 1. The summed E-state index contributed by atoms with van der Waals surface area (Å²) in [6.45, 7) is -2.21. The summed E-state index contributed by atoms with van der Waals surface area (Å²) in [5.41, 5.74) is 6.13. The highest BCUT2D eigenvalue weighted by atomic mass is 19.3. The molecule has 0 aliphatic heterocycles. The summed E-state index contributed by atoms with van der Waals surface area (Å²) < 4.78 is 28.1. The van der Waals surface area contributed by atoms with Gasteiger partial charge >= 0.3 is 6.61 Å². The summed E-state index contributed by atoms with van der Waals surface area (Å²) in [5, 5.41) is 0. The van der Waals surface area contributed by atoms with E-state index in [-0.39, 0.29) is 5.75 Å². The molecule has 0 atom stereocenters. The van der Waals surface area contributed by atoms with E-state index >= 15 is 0 Å². The first-order chi connectivity index (χ1) is 7.22. The van der Waals surface area contributed by atoms with Gasteiger partial charge in [0.1, 0.15) is 5.75 Å². The highest BCUT2D eigenvalue weighted by Gasteiger charge is 2.03. The molecule has 0 saturated heterocycles. The summed E-state index contributed by atoms with van der Waals surface area (Å²) in [4.78, 5) is 0. The number of alkyl halides is 2. The van der Waals surface area contributed by atoms with Crippen LogP contribution in [0.5, 0.6) is 5.75 Å². The SMILES string of the molecule is NCCC=Cc1cccc(OC(F)F)c1. The standard InChI is InChI=1S/C11H13F2NO/c12-11(13)15-10-6-3-5-9(8-10)4-1-2-7-14/h1,3-6,8,11H,2,7,14H2. The van der Waals surface area contributed by atoms with Gasteiger partial charge in [0.2, 0.25) is 0 Å². The van der Waals surface area contributed by atoms with Crippen LogP contribution in [0, 0.1) is 0 Å². The molecule has 0 radical (unpaired) electrons. The molecule has 0 aliphatic carbocycles. The second kappa shape index (κ2) is 6.14. The van der Waals surface area contributed by atoms with E-state index in [1.54, 1.807) is 12.1 Å². The molecule has 0 fully saturated rings. The lowest BCUT2D eigenvalue weighted by atomic mass is 10.2. The third kappa shape index (κ3) is 4.56. The van der Waals surface area contributed by atoms with Gasteiger partial charge in [-0.3, -0.25) is 0 Å². The van der Waals surface area contributed by atoms with Crippen LogP contribution in [0.15, 0.2) is 30.3 Å². The van der Waals surface area contributed by atoms with Gasteiger partial charge in [0.25, 0.3) is 0 Å². The Bertz CT molecular complexity index is 326. The zero-order chi connectivity index (χ0) is 11.1. The zero-order valence-electron chi connectivity index (χ0n) is 8.20. The van der Waals surface area contributed by atoms with Gasteiger partial charge in [0.05, 0.1) is 0 Å². The number of halogens is 2. The molecule has 82 valence electrons. The summed E-state index contributed by atoms with van der Waals surface area (Å²) in [5.74, 6) is 0.167. The normalized spacial score (nSPS) is 11.2. The Hall–Kier alpha value is -1.42. The molecule has 0 aliphatic rings. The van der Waals surface area contributed by atoms with Crippen molar-refractivity contribution in [1.82, 2.24) is 0 Å². The van der Waals surface area contributed by atoms with Crippen molar-refractivity contribution in [3.8, 4) is 5.75 Å². The van der Waals surface area contributed by atoms with Crippen molar-refractivity contribution in [1.29, 1.82) is 0 Å². The second-order valence-corrected chi connectivity index (χ2v) is 2.93. The predicted molar refractivity (Wildman–Crippen MR) is 55.8 cm³/mol. The fourth-order valence-corrected chi connectivity index (χ4v) is 1.11. The average Bonchev–Trinajstić information content (AvgIpc) is 2.18. The minimum Gasteiger partial charge on any atom is -0.435 e. The lowest BCUT2D eigenvalue weighted by Crippen LogP contribution is -2.01. The Balaban J connectivity index is 2.65. The van der Waals surface area contributed by atoms with Crippen molar-refractivity contribution in [2.24, 2.45) is 5.73 Å². The van der Waals surface area contributed by atoms with E-state index in [1.807, 2.05) is 18.2 Å². The molecule has 1 aromatic rings. The first-order valence-electron chi connectivity index (χ1n) is 4.64. The monoisotopic (exact) mass is 213 g/mol. The van der Waals surface area contributed by atoms with E-state index in [0.717, 1.165) is 12.0 Å². The maximum Gasteiger partial charge on any atom is 0.387 e. The fraction of sp³-hybridized carbons (Fsp3) is 0.273. The number of rotatable bonds is 5. The number of benzene rings is 1. The van der Waals surface area contributed by atoms with Crippen molar-refractivity contribution < 1.29 is 13.5 Å². The molecular weight excluding hydrogens is 200 g/mol. The van der Waals surface area contributed by atoms with Gasteiger partial charge in [-0.1, -0.05) is 24.3 Å². The van der Waals surface area contributed by atoms with Crippen molar-refractivity contribution in [3.63, 3.8) is 0 Å². The molecule has 2 nitrogen and oxygen atoms in total. The molecule has 0 unspecified atom stereocenters. The maximum absolute atomic E-state index is 11.9. The zero-order valence-corrected chi connectivity index (χ0v) is 8.20. The minimum atomic E-state index is -2.78. The first kappa shape index (κ1) is 11.7. The largest absolute Gasteiger partial charge is 0.435 e. The van der Waals surface area contributed by atoms with Crippen LogP contribution in [0.1, 0.15) is 12.0 Å². The molecule has 0 bridgehead atoms. The van der Waals surface area contributed by atoms with Crippen LogP contribution in [-0.4, -0.2) is 13.2 Å². The van der Waals surface area contributed by atoms with Crippen LogP contribution >= 0.6 is 0 Å². The summed E-state index contributed by atoms with van der Waals surface area (Å²) in [7, 11) is 0. The van der Waals surface area contributed by atoms with Crippen LogP contribution in [0.2, 0.25) is 0 Å². The van der Waals surface area contributed by atoms with Gasteiger partial charge in [-0.15, -0.1) is 0 Å². The van der Waals surface area contributed by atoms with Crippen LogP contribution in [0.4, 0.5) is 8.78 Å². The van der Waals surface area contributed by atoms with Crippen LogP contribution < -0.4 is 10.5 Å². The highest BCUT2D eigenvalue weighted by molar-refractivity contribution is 5.51. The third-order valence-electron chi connectivity index (χ3n) is 1.73. The fourth-order valence-electron chi connectivity index (χ4n) is 1.11. The van der Waals surface area contributed by atoms with E-state index in [4.69, 9.17) is 5.73 Å². The van der Waals surface area contributed by atoms with Gasteiger partial charge in [0, 0.05) is 0 Å². The van der Waals surface area contributed by atoms with Gasteiger partial charge in [-0.2, -0.15) is 8.78 Å². The van der Waals surface area contributed by atoms with Gasteiger partial charge in [0.15, 0.2) is 0 Å². The topological polar surface area (TPSA) is 35.2 Å². The van der Waals surface area contributed by atoms with Gasteiger partial charge in [-0.25, -0.2) is 0 Å². The molecule has 0 aromatic heterocycles. The molecular formula is C11H13F2NO. The average molecular weight is 213 g/mol. The second-order valence-electron chi connectivity index (χ2n) is 2.93. The third-order valence-corrected chi connectivity index (χ3v) is 1.73. The van der Waals surface area contributed by atoms with E-state index in [0.29, 0.717) is 6.54 Å².